The molecule has 2 aromatic heterocycles. The van der Waals surface area contributed by atoms with Gasteiger partial charge in [-0.3, -0.25) is 0 Å². The van der Waals surface area contributed by atoms with Crippen LogP contribution < -0.4 is 5.32 Å². The van der Waals surface area contributed by atoms with Gasteiger partial charge in [-0.2, -0.15) is 0 Å². The van der Waals surface area contributed by atoms with Gasteiger partial charge in [0.15, 0.2) is 11.4 Å². The predicted octanol–water partition coefficient (Wildman–Crippen LogP) is 11.2. The number of oxazole rings is 1. The first-order chi connectivity index (χ1) is 25.7. The summed E-state index contributed by atoms with van der Waals surface area (Å²) in [5.74, 6) is 1.84. The molecule has 6 nitrogen and oxygen atoms in total. The van der Waals surface area contributed by atoms with E-state index in [2.05, 4.69) is 115 Å². The molecule has 7 aromatic carbocycles. The van der Waals surface area contributed by atoms with E-state index in [0.29, 0.717) is 22.9 Å². The molecule has 52 heavy (non-hydrogen) atoms. The molecular weight excluding hydrogens is 641 g/mol. The van der Waals surface area contributed by atoms with E-state index in [0.717, 1.165) is 72.2 Å². The van der Waals surface area contributed by atoms with Crippen molar-refractivity contribution in [1.29, 1.82) is 0 Å². The number of hydrogen-bond donors (Lipinski definition) is 1. The van der Waals surface area contributed by atoms with E-state index in [1.807, 2.05) is 60.7 Å². The van der Waals surface area contributed by atoms with Gasteiger partial charge in [-0.1, -0.05) is 133 Å². The minimum absolute atomic E-state index is 0.401. The highest BCUT2D eigenvalue weighted by atomic mass is 16.4. The molecule has 0 saturated heterocycles. The zero-order chi connectivity index (χ0) is 34.4. The van der Waals surface area contributed by atoms with E-state index < -0.39 is 6.17 Å². The van der Waals surface area contributed by atoms with E-state index in [4.69, 9.17) is 23.8 Å². The molecule has 10 rings (SSSR count). The largest absolute Gasteiger partial charge is 0.454 e. The van der Waals surface area contributed by atoms with Crippen LogP contribution >= 0.6 is 0 Å². The van der Waals surface area contributed by atoms with Gasteiger partial charge >= 0.3 is 0 Å². The van der Waals surface area contributed by atoms with Crippen LogP contribution in [0.5, 0.6) is 0 Å². The first-order valence-corrected chi connectivity index (χ1v) is 17.3. The SMILES string of the molecule is c1ccc(-c2cccc(C3=NC(c4cccc5c4oc4c(-c6nc7ccccc7o6)cccc45)=NC(c4cccc(-c5ccccc5)c4)N3)c2)cc1. The van der Waals surface area contributed by atoms with Gasteiger partial charge in [0.05, 0.1) is 11.1 Å². The van der Waals surface area contributed by atoms with E-state index in [1.54, 1.807) is 0 Å². The molecule has 0 amide bonds. The summed E-state index contributed by atoms with van der Waals surface area (Å²) < 4.78 is 13.0. The standard InChI is InChI=1S/C46H30N4O2/c1-3-13-29(14-4-1)31-17-9-19-33(27-31)43-48-44(34-20-10-18-32(28-34)30-15-5-2-6-16-30)50-45(49-43)37-23-11-21-35-36-22-12-24-38(42(36)52-41(35)37)46-47-39-25-7-8-26-40(39)51-46/h1-28,43H,(H,48,49,50). The fourth-order valence-corrected chi connectivity index (χ4v) is 7.03. The van der Waals surface area contributed by atoms with Gasteiger partial charge in [0.25, 0.3) is 0 Å². The predicted molar refractivity (Wildman–Crippen MR) is 209 cm³/mol. The Morgan fingerprint density at radius 1 is 0.481 bits per heavy atom. The van der Waals surface area contributed by atoms with Crippen molar-refractivity contribution in [2.45, 2.75) is 6.17 Å². The number of hydrogen-bond acceptors (Lipinski definition) is 6. The summed E-state index contributed by atoms with van der Waals surface area (Å²) in [6.07, 6.45) is -0.401. The van der Waals surface area contributed by atoms with E-state index in [1.165, 1.54) is 0 Å². The molecule has 6 heteroatoms. The Balaban J connectivity index is 1.14. The fraction of sp³-hybridized carbons (Fsp3) is 0.0217. The van der Waals surface area contributed by atoms with Crippen LogP contribution in [-0.2, 0) is 0 Å². The topological polar surface area (TPSA) is 75.9 Å². The molecule has 0 aliphatic carbocycles. The Bertz CT molecular complexity index is 2800. The van der Waals surface area contributed by atoms with Gasteiger partial charge in [0.2, 0.25) is 5.89 Å². The number of aromatic nitrogens is 1. The normalized spacial score (nSPS) is 14.3. The molecule has 0 spiro atoms. The van der Waals surface area contributed by atoms with Crippen LogP contribution in [0.15, 0.2) is 189 Å². The van der Waals surface area contributed by atoms with Crippen LogP contribution in [0.2, 0.25) is 0 Å². The molecule has 0 radical (unpaired) electrons. The van der Waals surface area contributed by atoms with Crippen LogP contribution in [0.3, 0.4) is 0 Å². The second-order valence-corrected chi connectivity index (χ2v) is 12.9. The van der Waals surface area contributed by atoms with Gasteiger partial charge < -0.3 is 14.2 Å². The van der Waals surface area contributed by atoms with Crippen LogP contribution in [0.25, 0.3) is 66.7 Å². The number of nitrogens with zero attached hydrogens (tertiary/aromatic N) is 3. The number of benzene rings is 7. The van der Waals surface area contributed by atoms with Gasteiger partial charge in [-0.15, -0.1) is 0 Å². The molecule has 0 bridgehead atoms. The van der Waals surface area contributed by atoms with Crippen molar-refractivity contribution < 1.29 is 8.83 Å². The Morgan fingerprint density at radius 2 is 1.08 bits per heavy atom. The summed E-state index contributed by atoms with van der Waals surface area (Å²) in [6.45, 7) is 0. The zero-order valence-electron chi connectivity index (χ0n) is 27.9. The number of amidine groups is 2. The van der Waals surface area contributed by atoms with Crippen LogP contribution in [0, 0.1) is 0 Å². The molecule has 1 atom stereocenters. The van der Waals surface area contributed by atoms with Gasteiger partial charge in [-0.25, -0.2) is 15.0 Å². The lowest BCUT2D eigenvalue weighted by Gasteiger charge is -2.24. The summed E-state index contributed by atoms with van der Waals surface area (Å²) in [4.78, 5) is 15.3. The third kappa shape index (κ3) is 5.25. The maximum Gasteiger partial charge on any atom is 0.231 e. The molecule has 1 aliphatic heterocycles. The van der Waals surface area contributed by atoms with E-state index in [9.17, 15) is 0 Å². The first kappa shape index (κ1) is 29.8. The summed E-state index contributed by atoms with van der Waals surface area (Å²) in [5, 5.41) is 5.61. The lowest BCUT2D eigenvalue weighted by atomic mass is 10.0. The monoisotopic (exact) mass is 670 g/mol. The average molecular weight is 671 g/mol. The number of nitrogens with one attached hydrogen (secondary N) is 1. The Morgan fingerprint density at radius 3 is 1.83 bits per heavy atom. The maximum absolute atomic E-state index is 6.78. The zero-order valence-corrected chi connectivity index (χ0v) is 27.9. The Hall–Kier alpha value is -7.05. The van der Waals surface area contributed by atoms with Gasteiger partial charge in [-0.05, 0) is 64.2 Å². The maximum atomic E-state index is 6.78. The number of fused-ring (bicyclic) bond motifs is 4. The van der Waals surface area contributed by atoms with Crippen molar-refractivity contribution in [3.8, 4) is 33.7 Å². The second kappa shape index (κ2) is 12.4. The van der Waals surface area contributed by atoms with Crippen LogP contribution in [-0.4, -0.2) is 16.7 Å². The number of rotatable bonds is 6. The lowest BCUT2D eigenvalue weighted by molar-refractivity contribution is 0.615. The Kier molecular flexibility index (Phi) is 7.10. The molecule has 1 N–H and O–H groups in total. The smallest absolute Gasteiger partial charge is 0.231 e. The van der Waals surface area contributed by atoms with Crippen molar-refractivity contribution in [3.05, 3.63) is 187 Å². The highest BCUT2D eigenvalue weighted by molar-refractivity contribution is 6.20. The van der Waals surface area contributed by atoms with Crippen molar-refractivity contribution in [2.75, 3.05) is 0 Å². The Labute approximate surface area is 299 Å². The molecule has 9 aromatic rings. The number of para-hydroxylation sites is 4. The second-order valence-electron chi connectivity index (χ2n) is 12.9. The third-order valence-corrected chi connectivity index (χ3v) is 9.58. The van der Waals surface area contributed by atoms with Crippen LogP contribution in [0.1, 0.15) is 22.9 Å². The van der Waals surface area contributed by atoms with Gasteiger partial charge in [0.1, 0.15) is 28.7 Å². The molecule has 3 heterocycles. The molecule has 246 valence electrons. The molecule has 1 aliphatic rings. The minimum atomic E-state index is -0.401. The molecule has 0 saturated carbocycles. The number of aliphatic imine (C=N–C) groups is 2. The quantitative estimate of drug-likeness (QED) is 0.191. The summed E-state index contributed by atoms with van der Waals surface area (Å²) in [5.41, 5.74) is 11.1. The summed E-state index contributed by atoms with van der Waals surface area (Å²) in [7, 11) is 0. The number of furan rings is 1. The summed E-state index contributed by atoms with van der Waals surface area (Å²) >= 11 is 0. The van der Waals surface area contributed by atoms with E-state index in [-0.39, 0.29) is 0 Å². The van der Waals surface area contributed by atoms with Gasteiger partial charge in [0, 0.05) is 16.3 Å². The van der Waals surface area contributed by atoms with Crippen molar-refractivity contribution in [1.82, 2.24) is 10.3 Å². The van der Waals surface area contributed by atoms with Crippen molar-refractivity contribution >= 4 is 44.7 Å². The summed E-state index contributed by atoms with van der Waals surface area (Å²) in [6, 6.07) is 57.8. The first-order valence-electron chi connectivity index (χ1n) is 17.3. The van der Waals surface area contributed by atoms with Crippen molar-refractivity contribution in [2.24, 2.45) is 9.98 Å². The van der Waals surface area contributed by atoms with E-state index >= 15 is 0 Å². The van der Waals surface area contributed by atoms with Crippen molar-refractivity contribution in [3.63, 3.8) is 0 Å². The fourth-order valence-electron chi connectivity index (χ4n) is 7.03. The molecule has 1 unspecified atom stereocenters. The minimum Gasteiger partial charge on any atom is -0.454 e. The average Bonchev–Trinajstić information content (AvgIpc) is 3.84. The third-order valence-electron chi connectivity index (χ3n) is 9.58. The highest BCUT2D eigenvalue weighted by Gasteiger charge is 2.25. The molecule has 0 fully saturated rings. The molecular formula is C46H30N4O2. The highest BCUT2D eigenvalue weighted by Crippen LogP contribution is 2.38. The van der Waals surface area contributed by atoms with Crippen LogP contribution in [0.4, 0.5) is 0 Å². The lowest BCUT2D eigenvalue weighted by Crippen LogP contribution is -2.33.